The quantitative estimate of drug-likeness (QED) is 0.370. The zero-order chi connectivity index (χ0) is 24.5. The number of pyridine rings is 1. The summed E-state index contributed by atoms with van der Waals surface area (Å²) in [5.41, 5.74) is 0.879. The summed E-state index contributed by atoms with van der Waals surface area (Å²) in [4.78, 5) is 16.5. The molecule has 11 heteroatoms. The summed E-state index contributed by atoms with van der Waals surface area (Å²) in [5.74, 6) is -1.35. The van der Waals surface area contributed by atoms with Crippen LogP contribution in [0.3, 0.4) is 0 Å². The molecule has 0 spiro atoms. The first-order valence-electron chi connectivity index (χ1n) is 9.89. The van der Waals surface area contributed by atoms with Gasteiger partial charge in [-0.05, 0) is 47.5 Å². The Bertz CT molecular complexity index is 1450. The monoisotopic (exact) mass is 506 g/mol. The van der Waals surface area contributed by atoms with Crippen LogP contribution in [0.5, 0.6) is 0 Å². The molecule has 0 aliphatic carbocycles. The van der Waals surface area contributed by atoms with Gasteiger partial charge in [-0.3, -0.25) is 9.78 Å². The number of halogens is 3. The summed E-state index contributed by atoms with van der Waals surface area (Å²) < 4.78 is 66.1. The average molecular weight is 507 g/mol. The van der Waals surface area contributed by atoms with E-state index in [2.05, 4.69) is 9.71 Å². The number of carboxylic acid groups (broad SMARTS) is 1. The predicted octanol–water partition coefficient (Wildman–Crippen LogP) is 4.96. The lowest BCUT2D eigenvalue weighted by Gasteiger charge is -2.14. The van der Waals surface area contributed by atoms with Crippen molar-refractivity contribution >= 4 is 38.2 Å². The van der Waals surface area contributed by atoms with E-state index in [1.165, 1.54) is 30.5 Å². The average Bonchev–Trinajstić information content (AvgIpc) is 3.29. The Hall–Kier alpha value is -3.28. The minimum atomic E-state index is -4.47. The van der Waals surface area contributed by atoms with Crippen molar-refractivity contribution in [3.8, 4) is 10.4 Å². The van der Waals surface area contributed by atoms with E-state index in [4.69, 9.17) is 0 Å². The number of hydrogen-bond donors (Lipinski definition) is 2. The molecule has 2 aromatic heterocycles. The number of fused-ring (bicyclic) bond motifs is 1. The molecule has 0 bridgehead atoms. The number of thiophene rings is 1. The van der Waals surface area contributed by atoms with Crippen LogP contribution in [0.4, 0.5) is 13.2 Å². The molecule has 2 heterocycles. The minimum absolute atomic E-state index is 0.121. The Morgan fingerprint density at radius 3 is 2.44 bits per heavy atom. The van der Waals surface area contributed by atoms with Crippen LogP contribution in [0.2, 0.25) is 0 Å². The number of aromatic nitrogens is 1. The standard InChI is InChI=1S/C23H17F3N2O4S2/c24-23(25,26)17-7-5-15(6-8-17)20-9-10-21(33-20)34(31,32)28-19(22(29)30)12-14-11-16-3-1-2-4-18(16)27-13-14/h1-11,13,19,28H,12H2,(H,29,30)/t19-/m0/s1. The highest BCUT2D eigenvalue weighted by Gasteiger charge is 2.30. The second-order valence-corrected chi connectivity index (χ2v) is 10.5. The molecule has 176 valence electrons. The van der Waals surface area contributed by atoms with Crippen LogP contribution >= 0.6 is 11.3 Å². The van der Waals surface area contributed by atoms with Crippen molar-refractivity contribution in [3.63, 3.8) is 0 Å². The summed E-state index contributed by atoms with van der Waals surface area (Å²) in [6, 6.07) is 14.7. The fraction of sp³-hybridized carbons (Fsp3) is 0.130. The van der Waals surface area contributed by atoms with Gasteiger partial charge in [0.15, 0.2) is 0 Å². The number of rotatable bonds is 7. The second kappa shape index (κ2) is 9.16. The van der Waals surface area contributed by atoms with Gasteiger partial charge in [0.25, 0.3) is 10.0 Å². The van der Waals surface area contributed by atoms with E-state index in [1.807, 2.05) is 24.3 Å². The number of aliphatic carboxylic acids is 1. The Kier molecular flexibility index (Phi) is 6.43. The Balaban J connectivity index is 1.53. The Morgan fingerprint density at radius 2 is 1.76 bits per heavy atom. The van der Waals surface area contributed by atoms with E-state index in [-0.39, 0.29) is 10.6 Å². The molecule has 4 rings (SSSR count). The van der Waals surface area contributed by atoms with Gasteiger partial charge in [-0.2, -0.15) is 17.9 Å². The molecule has 6 nitrogen and oxygen atoms in total. The molecule has 0 aliphatic rings. The van der Waals surface area contributed by atoms with E-state index < -0.39 is 33.8 Å². The second-order valence-electron chi connectivity index (χ2n) is 7.45. The van der Waals surface area contributed by atoms with Crippen LogP contribution in [0.25, 0.3) is 21.3 Å². The number of carbonyl (C=O) groups is 1. The molecule has 4 aromatic rings. The summed E-state index contributed by atoms with van der Waals surface area (Å²) in [6.45, 7) is 0. The van der Waals surface area contributed by atoms with Gasteiger partial charge in [-0.1, -0.05) is 30.3 Å². The maximum atomic E-state index is 12.9. The van der Waals surface area contributed by atoms with Crippen LogP contribution in [0, 0.1) is 0 Å². The van der Waals surface area contributed by atoms with Crippen molar-refractivity contribution in [2.24, 2.45) is 0 Å². The highest BCUT2D eigenvalue weighted by atomic mass is 32.2. The highest BCUT2D eigenvalue weighted by Crippen LogP contribution is 2.34. The molecule has 2 N–H and O–H groups in total. The number of nitrogens with zero attached hydrogens (tertiary/aromatic N) is 1. The van der Waals surface area contributed by atoms with Crippen LogP contribution in [0.15, 0.2) is 77.1 Å². The molecule has 0 aliphatic heterocycles. The highest BCUT2D eigenvalue weighted by molar-refractivity contribution is 7.91. The van der Waals surface area contributed by atoms with Crippen LogP contribution in [-0.4, -0.2) is 30.5 Å². The van der Waals surface area contributed by atoms with Gasteiger partial charge in [0.1, 0.15) is 10.3 Å². The molecule has 2 aromatic carbocycles. The summed E-state index contributed by atoms with van der Waals surface area (Å²) >= 11 is 0.831. The van der Waals surface area contributed by atoms with Gasteiger partial charge in [0, 0.05) is 22.9 Å². The van der Waals surface area contributed by atoms with E-state index in [9.17, 15) is 31.5 Å². The number of sulfonamides is 1. The molecule has 1 atom stereocenters. The Labute approximate surface area is 196 Å². The van der Waals surface area contributed by atoms with Crippen LogP contribution in [-0.2, 0) is 27.4 Å². The third kappa shape index (κ3) is 5.27. The fourth-order valence-corrected chi connectivity index (χ4v) is 5.85. The molecule has 0 radical (unpaired) electrons. The number of carboxylic acids is 1. The smallest absolute Gasteiger partial charge is 0.416 e. The number of hydrogen-bond acceptors (Lipinski definition) is 5. The van der Waals surface area contributed by atoms with E-state index in [1.54, 1.807) is 6.07 Å². The lowest BCUT2D eigenvalue weighted by atomic mass is 10.1. The van der Waals surface area contributed by atoms with Crippen molar-refractivity contribution in [1.29, 1.82) is 0 Å². The topological polar surface area (TPSA) is 96.4 Å². The maximum Gasteiger partial charge on any atom is 0.416 e. The lowest BCUT2D eigenvalue weighted by Crippen LogP contribution is -2.42. The van der Waals surface area contributed by atoms with Gasteiger partial charge in [0.2, 0.25) is 0 Å². The molecular formula is C23H17F3N2O4S2. The lowest BCUT2D eigenvalue weighted by molar-refractivity contribution is -0.139. The number of alkyl halides is 3. The van der Waals surface area contributed by atoms with E-state index >= 15 is 0 Å². The summed E-state index contributed by atoms with van der Waals surface area (Å²) in [6.07, 6.45) is -3.09. The van der Waals surface area contributed by atoms with Gasteiger partial charge in [0.05, 0.1) is 11.1 Å². The fourth-order valence-electron chi connectivity index (χ4n) is 3.33. The van der Waals surface area contributed by atoms with Gasteiger partial charge in [-0.15, -0.1) is 11.3 Å². The third-order valence-corrected chi connectivity index (χ3v) is 8.12. The zero-order valence-corrected chi connectivity index (χ0v) is 18.9. The summed E-state index contributed by atoms with van der Waals surface area (Å²) in [5, 5.41) is 10.4. The van der Waals surface area contributed by atoms with Gasteiger partial charge < -0.3 is 5.11 Å². The normalized spacial score (nSPS) is 13.1. The van der Waals surface area contributed by atoms with E-state index in [0.29, 0.717) is 16.0 Å². The van der Waals surface area contributed by atoms with Crippen LogP contribution < -0.4 is 4.72 Å². The first-order chi connectivity index (χ1) is 16.0. The number of nitrogens with one attached hydrogen (secondary N) is 1. The van der Waals surface area contributed by atoms with Crippen molar-refractivity contribution in [2.45, 2.75) is 22.8 Å². The minimum Gasteiger partial charge on any atom is -0.480 e. The van der Waals surface area contributed by atoms with Gasteiger partial charge in [-0.25, -0.2) is 8.42 Å². The molecule has 0 saturated carbocycles. The van der Waals surface area contributed by atoms with Crippen LogP contribution in [0.1, 0.15) is 11.1 Å². The molecule has 0 amide bonds. The molecule has 0 saturated heterocycles. The largest absolute Gasteiger partial charge is 0.480 e. The SMILES string of the molecule is O=C(O)[C@H](Cc1cnc2ccccc2c1)NS(=O)(=O)c1ccc(-c2ccc(C(F)(F)F)cc2)s1. The first kappa shape index (κ1) is 23.9. The van der Waals surface area contributed by atoms with Crippen molar-refractivity contribution < 1.29 is 31.5 Å². The molecule has 0 unspecified atom stereocenters. The Morgan fingerprint density at radius 1 is 1.06 bits per heavy atom. The number of para-hydroxylation sites is 1. The van der Waals surface area contributed by atoms with Gasteiger partial charge >= 0.3 is 12.1 Å². The molecule has 34 heavy (non-hydrogen) atoms. The zero-order valence-electron chi connectivity index (χ0n) is 17.3. The first-order valence-corrected chi connectivity index (χ1v) is 12.2. The third-order valence-electron chi connectivity index (χ3n) is 5.03. The van der Waals surface area contributed by atoms with E-state index in [0.717, 1.165) is 34.4 Å². The van der Waals surface area contributed by atoms with Crippen molar-refractivity contribution in [1.82, 2.24) is 9.71 Å². The van der Waals surface area contributed by atoms with Crippen molar-refractivity contribution in [2.75, 3.05) is 0 Å². The molecule has 0 fully saturated rings. The van der Waals surface area contributed by atoms with Crippen molar-refractivity contribution in [3.05, 3.63) is 84.1 Å². The number of benzene rings is 2. The predicted molar refractivity (Wildman–Crippen MR) is 122 cm³/mol. The summed E-state index contributed by atoms with van der Waals surface area (Å²) in [7, 11) is -4.20. The molecular weight excluding hydrogens is 489 g/mol. The maximum absolute atomic E-state index is 12.9.